The summed E-state index contributed by atoms with van der Waals surface area (Å²) in [6.45, 7) is 7.50. The first-order valence-corrected chi connectivity index (χ1v) is 5.24. The normalized spacial score (nSPS) is 25.5. The van der Waals surface area contributed by atoms with Crippen molar-refractivity contribution in [2.45, 2.75) is 39.7 Å². The van der Waals surface area contributed by atoms with Gasteiger partial charge in [0.1, 0.15) is 5.76 Å². The number of hydrogen-bond donors (Lipinski definition) is 0. The lowest BCUT2D eigenvalue weighted by molar-refractivity contribution is 0.0601. The number of hydrogen-bond acceptors (Lipinski definition) is 2. The van der Waals surface area contributed by atoms with Gasteiger partial charge < -0.3 is 9.15 Å². The SMILES string of the molecule is Cc1ccoc1CC1OCCC1(C)C. The highest BCUT2D eigenvalue weighted by Crippen LogP contribution is 2.36. The lowest BCUT2D eigenvalue weighted by Crippen LogP contribution is -2.26. The first-order valence-electron chi connectivity index (χ1n) is 5.24. The maximum atomic E-state index is 5.74. The molecule has 1 aliphatic heterocycles. The highest BCUT2D eigenvalue weighted by Gasteiger charge is 2.36. The van der Waals surface area contributed by atoms with E-state index in [1.807, 2.05) is 6.07 Å². The summed E-state index contributed by atoms with van der Waals surface area (Å²) in [5.74, 6) is 1.07. The molecule has 1 atom stereocenters. The monoisotopic (exact) mass is 194 g/mol. The fourth-order valence-corrected chi connectivity index (χ4v) is 1.97. The van der Waals surface area contributed by atoms with Crippen molar-refractivity contribution in [2.75, 3.05) is 6.61 Å². The summed E-state index contributed by atoms with van der Waals surface area (Å²) in [5.41, 5.74) is 1.52. The topological polar surface area (TPSA) is 22.4 Å². The zero-order chi connectivity index (χ0) is 10.2. The molecule has 2 heterocycles. The second-order valence-corrected chi connectivity index (χ2v) is 4.83. The van der Waals surface area contributed by atoms with E-state index in [0.29, 0.717) is 11.5 Å². The van der Waals surface area contributed by atoms with Crippen molar-refractivity contribution < 1.29 is 9.15 Å². The van der Waals surface area contributed by atoms with Crippen LogP contribution in [0.1, 0.15) is 31.6 Å². The van der Waals surface area contributed by atoms with E-state index in [-0.39, 0.29) is 0 Å². The summed E-state index contributed by atoms with van der Waals surface area (Å²) >= 11 is 0. The number of aryl methyl sites for hydroxylation is 1. The summed E-state index contributed by atoms with van der Waals surface area (Å²) in [6, 6.07) is 2.01. The van der Waals surface area contributed by atoms with Crippen LogP contribution < -0.4 is 0 Å². The van der Waals surface area contributed by atoms with Crippen LogP contribution in [-0.2, 0) is 11.2 Å². The zero-order valence-electron chi connectivity index (χ0n) is 9.17. The summed E-state index contributed by atoms with van der Waals surface area (Å²) in [6.07, 6.45) is 4.13. The maximum absolute atomic E-state index is 5.74. The van der Waals surface area contributed by atoms with E-state index >= 15 is 0 Å². The third-order valence-corrected chi connectivity index (χ3v) is 3.28. The molecule has 0 N–H and O–H groups in total. The van der Waals surface area contributed by atoms with Crippen molar-refractivity contribution in [2.24, 2.45) is 5.41 Å². The van der Waals surface area contributed by atoms with Crippen LogP contribution in [0.15, 0.2) is 16.7 Å². The molecule has 1 aromatic rings. The van der Waals surface area contributed by atoms with Crippen molar-refractivity contribution in [3.8, 4) is 0 Å². The highest BCUT2D eigenvalue weighted by molar-refractivity contribution is 5.16. The van der Waals surface area contributed by atoms with Gasteiger partial charge in [0.25, 0.3) is 0 Å². The Hall–Kier alpha value is -0.760. The van der Waals surface area contributed by atoms with Crippen LogP contribution in [0.25, 0.3) is 0 Å². The summed E-state index contributed by atoms with van der Waals surface area (Å²) in [5, 5.41) is 0. The van der Waals surface area contributed by atoms with E-state index in [1.165, 1.54) is 5.56 Å². The number of rotatable bonds is 2. The van der Waals surface area contributed by atoms with Gasteiger partial charge in [-0.25, -0.2) is 0 Å². The smallest absolute Gasteiger partial charge is 0.109 e. The molecule has 0 saturated carbocycles. The van der Waals surface area contributed by atoms with Crippen LogP contribution >= 0.6 is 0 Å². The Bertz CT molecular complexity index is 312. The highest BCUT2D eigenvalue weighted by atomic mass is 16.5. The van der Waals surface area contributed by atoms with Crippen molar-refractivity contribution >= 4 is 0 Å². The molecule has 2 nitrogen and oxygen atoms in total. The van der Waals surface area contributed by atoms with Gasteiger partial charge in [0.15, 0.2) is 0 Å². The first kappa shape index (κ1) is 9.78. The quantitative estimate of drug-likeness (QED) is 0.722. The molecule has 0 radical (unpaired) electrons. The molecule has 1 fully saturated rings. The summed E-state index contributed by atoms with van der Waals surface area (Å²) < 4.78 is 11.2. The average molecular weight is 194 g/mol. The van der Waals surface area contributed by atoms with E-state index < -0.39 is 0 Å². The van der Waals surface area contributed by atoms with Crippen molar-refractivity contribution in [3.05, 3.63) is 23.7 Å². The Balaban J connectivity index is 2.08. The standard InChI is InChI=1S/C12H18O2/c1-9-4-6-13-10(9)8-11-12(2,3)5-7-14-11/h4,6,11H,5,7-8H2,1-3H3. The molecule has 0 spiro atoms. The molecular formula is C12H18O2. The van der Waals surface area contributed by atoms with Crippen LogP contribution in [0.2, 0.25) is 0 Å². The van der Waals surface area contributed by atoms with Gasteiger partial charge in [0, 0.05) is 13.0 Å². The fourth-order valence-electron chi connectivity index (χ4n) is 1.97. The maximum Gasteiger partial charge on any atom is 0.109 e. The molecule has 1 unspecified atom stereocenters. The van der Waals surface area contributed by atoms with Gasteiger partial charge in [-0.2, -0.15) is 0 Å². The largest absolute Gasteiger partial charge is 0.469 e. The Kier molecular flexibility index (Phi) is 2.40. The van der Waals surface area contributed by atoms with Crippen LogP contribution in [0, 0.1) is 12.3 Å². The van der Waals surface area contributed by atoms with Crippen molar-refractivity contribution in [1.29, 1.82) is 0 Å². The Morgan fingerprint density at radius 3 is 2.79 bits per heavy atom. The molecule has 1 aromatic heterocycles. The molecule has 2 heteroatoms. The van der Waals surface area contributed by atoms with Gasteiger partial charge in [-0.05, 0) is 30.4 Å². The number of furan rings is 1. The van der Waals surface area contributed by atoms with E-state index in [4.69, 9.17) is 9.15 Å². The molecule has 1 saturated heterocycles. The minimum Gasteiger partial charge on any atom is -0.469 e. The molecule has 1 aliphatic rings. The number of ether oxygens (including phenoxy) is 1. The molecular weight excluding hydrogens is 176 g/mol. The van der Waals surface area contributed by atoms with E-state index in [1.54, 1.807) is 6.26 Å². The second kappa shape index (κ2) is 3.43. The van der Waals surface area contributed by atoms with Gasteiger partial charge in [-0.3, -0.25) is 0 Å². The third kappa shape index (κ3) is 1.71. The van der Waals surface area contributed by atoms with E-state index in [9.17, 15) is 0 Å². The molecule has 0 bridgehead atoms. The Morgan fingerprint density at radius 2 is 2.29 bits per heavy atom. The van der Waals surface area contributed by atoms with Gasteiger partial charge in [0.2, 0.25) is 0 Å². The Morgan fingerprint density at radius 1 is 1.50 bits per heavy atom. The fraction of sp³-hybridized carbons (Fsp3) is 0.667. The van der Waals surface area contributed by atoms with Crippen LogP contribution in [0.3, 0.4) is 0 Å². The molecule has 14 heavy (non-hydrogen) atoms. The van der Waals surface area contributed by atoms with Gasteiger partial charge in [-0.1, -0.05) is 13.8 Å². The molecule has 0 amide bonds. The van der Waals surface area contributed by atoms with E-state index in [2.05, 4.69) is 20.8 Å². The minimum atomic E-state index is 0.291. The molecule has 78 valence electrons. The lowest BCUT2D eigenvalue weighted by Gasteiger charge is -2.24. The summed E-state index contributed by atoms with van der Waals surface area (Å²) in [4.78, 5) is 0. The molecule has 0 aromatic carbocycles. The van der Waals surface area contributed by atoms with Gasteiger partial charge in [0.05, 0.1) is 12.4 Å². The second-order valence-electron chi connectivity index (χ2n) is 4.83. The third-order valence-electron chi connectivity index (χ3n) is 3.28. The summed E-state index contributed by atoms with van der Waals surface area (Å²) in [7, 11) is 0. The Labute approximate surface area is 85.3 Å². The molecule has 2 rings (SSSR count). The van der Waals surface area contributed by atoms with Crippen molar-refractivity contribution in [1.82, 2.24) is 0 Å². The van der Waals surface area contributed by atoms with Crippen LogP contribution in [-0.4, -0.2) is 12.7 Å². The van der Waals surface area contributed by atoms with Crippen LogP contribution in [0.4, 0.5) is 0 Å². The van der Waals surface area contributed by atoms with Crippen LogP contribution in [0.5, 0.6) is 0 Å². The minimum absolute atomic E-state index is 0.291. The van der Waals surface area contributed by atoms with Crippen molar-refractivity contribution in [3.63, 3.8) is 0 Å². The zero-order valence-corrected chi connectivity index (χ0v) is 9.17. The molecule has 0 aliphatic carbocycles. The average Bonchev–Trinajstić information content (AvgIpc) is 2.62. The predicted octanol–water partition coefficient (Wildman–Crippen LogP) is 2.95. The first-order chi connectivity index (χ1) is 6.59. The van der Waals surface area contributed by atoms with E-state index in [0.717, 1.165) is 25.2 Å². The van der Waals surface area contributed by atoms with Gasteiger partial charge >= 0.3 is 0 Å². The van der Waals surface area contributed by atoms with Gasteiger partial charge in [-0.15, -0.1) is 0 Å². The predicted molar refractivity (Wildman–Crippen MR) is 55.3 cm³/mol. The lowest BCUT2D eigenvalue weighted by atomic mass is 9.83.